The van der Waals surface area contributed by atoms with Crippen molar-refractivity contribution < 1.29 is 9.59 Å². The lowest BCUT2D eigenvalue weighted by molar-refractivity contribution is -0.137. The second kappa shape index (κ2) is 11.6. The first kappa shape index (κ1) is 25.1. The molecular formula is C26H35ClN4O2S. The average Bonchev–Trinajstić information content (AvgIpc) is 3.08. The molecule has 2 fully saturated rings. The van der Waals surface area contributed by atoms with Gasteiger partial charge in [-0.2, -0.15) is 0 Å². The Hall–Kier alpha value is -1.99. The molecule has 0 unspecified atom stereocenters. The minimum absolute atomic E-state index is 0. The van der Waals surface area contributed by atoms with Crippen molar-refractivity contribution in [1.82, 2.24) is 19.6 Å². The predicted octanol–water partition coefficient (Wildman–Crippen LogP) is 5.31. The maximum Gasteiger partial charge on any atom is 0.258 e. The highest BCUT2D eigenvalue weighted by Gasteiger charge is 2.28. The molecule has 1 N–H and O–H groups in total. The van der Waals surface area contributed by atoms with Crippen LogP contribution in [0.5, 0.6) is 0 Å². The quantitative estimate of drug-likeness (QED) is 0.429. The fraction of sp³-hybridized carbons (Fsp3) is 0.577. The number of piperidine rings is 1. The van der Waals surface area contributed by atoms with Crippen molar-refractivity contribution in [1.29, 1.82) is 0 Å². The topological polar surface area (TPSA) is 66.7 Å². The highest BCUT2D eigenvalue weighted by atomic mass is 35.5. The van der Waals surface area contributed by atoms with Gasteiger partial charge in [-0.05, 0) is 62.7 Å². The third-order valence-corrected chi connectivity index (χ3v) is 8.49. The third-order valence-electron chi connectivity index (χ3n) is 7.44. The average molecular weight is 503 g/mol. The van der Waals surface area contributed by atoms with Crippen molar-refractivity contribution in [3.8, 4) is 0 Å². The largest absolute Gasteiger partial charge is 0.352 e. The van der Waals surface area contributed by atoms with Crippen LogP contribution in [0, 0.1) is 11.8 Å². The molecule has 2 aromatic rings. The standard InChI is InChI=1S/C26H34N4O2S.ClH/c31-25(22-17-21-18-28-23-10-5-11-24(33-22)30(21)23)27-14-6-7-19-12-15-29(16-13-19)26(32)20-8-3-1-2-4-9-20;/h5,10-11,17-20H,1-4,6-9,12-16H2,(H,27,31);1H. The zero-order chi connectivity index (χ0) is 22.6. The molecule has 3 aliphatic rings. The summed E-state index contributed by atoms with van der Waals surface area (Å²) in [5.74, 6) is 1.35. The van der Waals surface area contributed by atoms with Crippen molar-refractivity contribution in [2.24, 2.45) is 11.8 Å². The maximum absolute atomic E-state index is 12.9. The molecule has 8 heteroatoms. The number of amides is 2. The predicted molar refractivity (Wildman–Crippen MR) is 139 cm³/mol. The van der Waals surface area contributed by atoms with Gasteiger partial charge in [-0.1, -0.05) is 43.5 Å². The molecule has 1 aliphatic carbocycles. The SMILES string of the molecule is Cl.O=C(NCCCC1CCN(C(=O)C2CCCCCC2)CC1)C1=Cc2cnc3cccc(n23)S1. The fourth-order valence-electron chi connectivity index (χ4n) is 5.50. The first-order chi connectivity index (χ1) is 16.2. The smallest absolute Gasteiger partial charge is 0.258 e. The molecule has 1 saturated heterocycles. The second-order valence-corrected chi connectivity index (χ2v) is 10.8. The lowest BCUT2D eigenvalue weighted by Gasteiger charge is -2.34. The zero-order valence-electron chi connectivity index (χ0n) is 19.7. The number of rotatable bonds is 6. The van der Waals surface area contributed by atoms with E-state index in [2.05, 4.69) is 19.6 Å². The van der Waals surface area contributed by atoms with Gasteiger partial charge < -0.3 is 10.2 Å². The lowest BCUT2D eigenvalue weighted by Crippen LogP contribution is -2.41. The van der Waals surface area contributed by atoms with Crippen LogP contribution in [-0.4, -0.2) is 45.7 Å². The molecule has 0 radical (unpaired) electrons. The molecule has 34 heavy (non-hydrogen) atoms. The van der Waals surface area contributed by atoms with E-state index in [0.717, 1.165) is 72.9 Å². The fourth-order valence-corrected chi connectivity index (χ4v) is 6.51. The summed E-state index contributed by atoms with van der Waals surface area (Å²) in [5, 5.41) is 4.13. The van der Waals surface area contributed by atoms with Crippen LogP contribution in [0.2, 0.25) is 0 Å². The first-order valence-corrected chi connectivity index (χ1v) is 13.4. The van der Waals surface area contributed by atoms with Gasteiger partial charge in [-0.15, -0.1) is 12.4 Å². The summed E-state index contributed by atoms with van der Waals surface area (Å²) in [7, 11) is 0. The number of nitrogens with one attached hydrogen (secondary N) is 1. The Morgan fingerprint density at radius 1 is 1.06 bits per heavy atom. The Balaban J connectivity index is 0.00000274. The monoisotopic (exact) mass is 502 g/mol. The number of hydrogen-bond donors (Lipinski definition) is 1. The van der Waals surface area contributed by atoms with E-state index in [0.29, 0.717) is 18.4 Å². The summed E-state index contributed by atoms with van der Waals surface area (Å²) in [6, 6.07) is 5.98. The van der Waals surface area contributed by atoms with Crippen LogP contribution < -0.4 is 5.32 Å². The van der Waals surface area contributed by atoms with Gasteiger partial charge in [-0.25, -0.2) is 4.98 Å². The first-order valence-electron chi connectivity index (χ1n) is 12.6. The van der Waals surface area contributed by atoms with Crippen LogP contribution in [-0.2, 0) is 9.59 Å². The molecule has 5 rings (SSSR count). The lowest BCUT2D eigenvalue weighted by atomic mass is 9.90. The normalized spacial score (nSPS) is 19.3. The summed E-state index contributed by atoms with van der Waals surface area (Å²) in [4.78, 5) is 32.9. The molecule has 0 atom stereocenters. The van der Waals surface area contributed by atoms with Crippen molar-refractivity contribution in [2.45, 2.75) is 69.2 Å². The van der Waals surface area contributed by atoms with E-state index in [4.69, 9.17) is 0 Å². The van der Waals surface area contributed by atoms with Gasteiger partial charge in [-0.3, -0.25) is 14.0 Å². The minimum atomic E-state index is -0.00623. The number of imidazole rings is 1. The van der Waals surface area contributed by atoms with Gasteiger partial charge >= 0.3 is 0 Å². The number of likely N-dealkylation sites (tertiary alicyclic amines) is 1. The molecule has 4 heterocycles. The van der Waals surface area contributed by atoms with Crippen LogP contribution in [0.1, 0.15) is 69.9 Å². The molecule has 184 valence electrons. The number of nitrogens with zero attached hydrogens (tertiary/aromatic N) is 3. The Kier molecular flexibility index (Phi) is 8.59. The Morgan fingerprint density at radius 2 is 1.82 bits per heavy atom. The highest BCUT2D eigenvalue weighted by Crippen LogP contribution is 2.34. The van der Waals surface area contributed by atoms with Crippen LogP contribution >= 0.6 is 24.2 Å². The highest BCUT2D eigenvalue weighted by molar-refractivity contribution is 8.04. The zero-order valence-corrected chi connectivity index (χ0v) is 21.3. The van der Waals surface area contributed by atoms with Gasteiger partial charge in [0, 0.05) is 25.6 Å². The summed E-state index contributed by atoms with van der Waals surface area (Å²) in [6.45, 7) is 2.52. The van der Waals surface area contributed by atoms with Crippen molar-refractivity contribution in [3.63, 3.8) is 0 Å². The third kappa shape index (κ3) is 5.62. The van der Waals surface area contributed by atoms with Gasteiger partial charge in [0.15, 0.2) is 0 Å². The van der Waals surface area contributed by atoms with E-state index in [1.165, 1.54) is 37.4 Å². The maximum atomic E-state index is 12.9. The van der Waals surface area contributed by atoms with Gasteiger partial charge in [0.1, 0.15) is 5.65 Å². The second-order valence-electron chi connectivity index (χ2n) is 9.71. The molecule has 2 amide bonds. The molecule has 1 saturated carbocycles. The minimum Gasteiger partial charge on any atom is -0.352 e. The number of carbonyl (C=O) groups is 2. The number of halogens is 1. The molecule has 6 nitrogen and oxygen atoms in total. The molecule has 0 bridgehead atoms. The molecule has 0 spiro atoms. The summed E-state index contributed by atoms with van der Waals surface area (Å²) >= 11 is 1.50. The number of pyridine rings is 1. The van der Waals surface area contributed by atoms with E-state index in [1.807, 2.05) is 30.5 Å². The van der Waals surface area contributed by atoms with E-state index < -0.39 is 0 Å². The molecule has 0 aromatic carbocycles. The van der Waals surface area contributed by atoms with E-state index in [-0.39, 0.29) is 24.2 Å². The number of hydrogen-bond acceptors (Lipinski definition) is 4. The summed E-state index contributed by atoms with van der Waals surface area (Å²) in [6.07, 6.45) is 15.2. The molecule has 2 aromatic heterocycles. The van der Waals surface area contributed by atoms with E-state index in [9.17, 15) is 9.59 Å². The molecule has 2 aliphatic heterocycles. The van der Waals surface area contributed by atoms with E-state index >= 15 is 0 Å². The Labute approximate surface area is 212 Å². The summed E-state index contributed by atoms with van der Waals surface area (Å²) in [5.41, 5.74) is 1.86. The van der Waals surface area contributed by atoms with Crippen LogP contribution in [0.4, 0.5) is 0 Å². The van der Waals surface area contributed by atoms with Crippen LogP contribution in [0.15, 0.2) is 34.3 Å². The van der Waals surface area contributed by atoms with Crippen LogP contribution in [0.25, 0.3) is 11.7 Å². The molecular weight excluding hydrogens is 468 g/mol. The summed E-state index contributed by atoms with van der Waals surface area (Å²) < 4.78 is 2.08. The van der Waals surface area contributed by atoms with Crippen molar-refractivity contribution in [3.05, 3.63) is 35.0 Å². The van der Waals surface area contributed by atoms with Gasteiger partial charge in [0.05, 0.1) is 21.8 Å². The Morgan fingerprint density at radius 3 is 2.59 bits per heavy atom. The van der Waals surface area contributed by atoms with Crippen molar-refractivity contribution in [2.75, 3.05) is 19.6 Å². The van der Waals surface area contributed by atoms with E-state index in [1.54, 1.807) is 0 Å². The number of thioether (sulfide) groups is 1. The Bertz CT molecular complexity index is 1040. The van der Waals surface area contributed by atoms with Crippen molar-refractivity contribution >= 4 is 47.7 Å². The van der Waals surface area contributed by atoms with Gasteiger partial charge in [0.25, 0.3) is 5.91 Å². The van der Waals surface area contributed by atoms with Crippen LogP contribution in [0.3, 0.4) is 0 Å². The number of aromatic nitrogens is 2. The number of carbonyl (C=O) groups excluding carboxylic acids is 2. The van der Waals surface area contributed by atoms with Gasteiger partial charge in [0.2, 0.25) is 5.91 Å².